The molecule has 2 unspecified atom stereocenters. The van der Waals surface area contributed by atoms with Crippen molar-refractivity contribution in [3.63, 3.8) is 0 Å². The van der Waals surface area contributed by atoms with E-state index in [0.717, 1.165) is 51.9 Å². The molecule has 0 aromatic heterocycles. The average molecular weight is 254 g/mol. The van der Waals surface area contributed by atoms with Gasteiger partial charge in [0, 0.05) is 19.8 Å². The second-order valence-electron chi connectivity index (χ2n) is 5.48. The first-order valence-corrected chi connectivity index (χ1v) is 7.40. The van der Waals surface area contributed by atoms with Gasteiger partial charge < -0.3 is 9.64 Å². The Bertz CT molecular complexity index is 277. The third kappa shape index (κ3) is 3.04. The SMILES string of the molecule is CCCC1NC(CC)N(CC2CCOCC2)C1=O. The molecule has 0 aliphatic carbocycles. The van der Waals surface area contributed by atoms with Crippen molar-refractivity contribution in [2.45, 2.75) is 58.2 Å². The van der Waals surface area contributed by atoms with Crippen LogP contribution in [0.15, 0.2) is 0 Å². The van der Waals surface area contributed by atoms with E-state index in [1.807, 2.05) is 0 Å². The first-order chi connectivity index (χ1) is 8.76. The molecule has 4 nitrogen and oxygen atoms in total. The van der Waals surface area contributed by atoms with Crippen LogP contribution in [0.2, 0.25) is 0 Å². The molecular weight excluding hydrogens is 228 g/mol. The van der Waals surface area contributed by atoms with Gasteiger partial charge in [-0.15, -0.1) is 0 Å². The van der Waals surface area contributed by atoms with Crippen molar-refractivity contribution in [3.05, 3.63) is 0 Å². The summed E-state index contributed by atoms with van der Waals surface area (Å²) in [6.07, 6.45) is 5.45. The lowest BCUT2D eigenvalue weighted by Gasteiger charge is -2.30. The number of ether oxygens (including phenoxy) is 1. The van der Waals surface area contributed by atoms with Gasteiger partial charge in [0.25, 0.3) is 0 Å². The zero-order valence-corrected chi connectivity index (χ0v) is 11.7. The Morgan fingerprint density at radius 1 is 1.33 bits per heavy atom. The molecule has 1 N–H and O–H groups in total. The predicted molar refractivity (Wildman–Crippen MR) is 71.2 cm³/mol. The monoisotopic (exact) mass is 254 g/mol. The zero-order chi connectivity index (χ0) is 13.0. The van der Waals surface area contributed by atoms with Gasteiger partial charge in [0.15, 0.2) is 0 Å². The molecule has 1 amide bonds. The van der Waals surface area contributed by atoms with Crippen molar-refractivity contribution in [2.24, 2.45) is 5.92 Å². The molecule has 0 aromatic carbocycles. The van der Waals surface area contributed by atoms with E-state index >= 15 is 0 Å². The fourth-order valence-electron chi connectivity index (χ4n) is 3.01. The Kier molecular flexibility index (Phi) is 5.01. The smallest absolute Gasteiger partial charge is 0.241 e. The Morgan fingerprint density at radius 2 is 2.06 bits per heavy atom. The minimum Gasteiger partial charge on any atom is -0.381 e. The minimum absolute atomic E-state index is 0.0554. The summed E-state index contributed by atoms with van der Waals surface area (Å²) < 4.78 is 5.38. The first-order valence-electron chi connectivity index (χ1n) is 7.40. The Labute approximate surface area is 110 Å². The fourth-order valence-corrected chi connectivity index (χ4v) is 3.01. The third-order valence-electron chi connectivity index (χ3n) is 4.11. The summed E-state index contributed by atoms with van der Waals surface area (Å²) in [6, 6.07) is 0.0554. The number of rotatable bonds is 5. The summed E-state index contributed by atoms with van der Waals surface area (Å²) in [5, 5.41) is 3.48. The number of nitrogens with zero attached hydrogens (tertiary/aromatic N) is 1. The van der Waals surface area contributed by atoms with E-state index in [9.17, 15) is 4.79 Å². The summed E-state index contributed by atoms with van der Waals surface area (Å²) in [5.41, 5.74) is 0. The first kappa shape index (κ1) is 13.8. The number of hydrogen-bond donors (Lipinski definition) is 1. The lowest BCUT2D eigenvalue weighted by molar-refractivity contribution is -0.131. The molecule has 2 atom stereocenters. The average Bonchev–Trinajstić information content (AvgIpc) is 2.69. The quantitative estimate of drug-likeness (QED) is 0.812. The van der Waals surface area contributed by atoms with E-state index in [4.69, 9.17) is 4.74 Å². The van der Waals surface area contributed by atoms with Gasteiger partial charge in [-0.2, -0.15) is 0 Å². The number of nitrogens with one attached hydrogen (secondary N) is 1. The molecule has 0 spiro atoms. The Morgan fingerprint density at radius 3 is 2.67 bits per heavy atom. The lowest BCUT2D eigenvalue weighted by atomic mass is 9.99. The van der Waals surface area contributed by atoms with E-state index in [1.54, 1.807) is 0 Å². The molecule has 2 rings (SSSR count). The molecule has 0 aromatic rings. The van der Waals surface area contributed by atoms with Gasteiger partial charge in [-0.1, -0.05) is 20.3 Å². The minimum atomic E-state index is 0.0554. The van der Waals surface area contributed by atoms with Crippen molar-refractivity contribution in [3.8, 4) is 0 Å². The van der Waals surface area contributed by atoms with Gasteiger partial charge in [-0.25, -0.2) is 0 Å². The van der Waals surface area contributed by atoms with E-state index in [-0.39, 0.29) is 12.2 Å². The molecular formula is C14H26N2O2. The van der Waals surface area contributed by atoms with Crippen LogP contribution in [-0.4, -0.2) is 42.8 Å². The molecule has 4 heteroatoms. The maximum absolute atomic E-state index is 12.4. The molecule has 104 valence electrons. The van der Waals surface area contributed by atoms with Crippen molar-refractivity contribution in [2.75, 3.05) is 19.8 Å². The molecule has 18 heavy (non-hydrogen) atoms. The highest BCUT2D eigenvalue weighted by atomic mass is 16.5. The second kappa shape index (κ2) is 6.53. The predicted octanol–water partition coefficient (Wildman–Crippen LogP) is 1.75. The summed E-state index contributed by atoms with van der Waals surface area (Å²) >= 11 is 0. The van der Waals surface area contributed by atoms with Gasteiger partial charge >= 0.3 is 0 Å². The highest BCUT2D eigenvalue weighted by Crippen LogP contribution is 2.22. The zero-order valence-electron chi connectivity index (χ0n) is 11.7. The highest BCUT2D eigenvalue weighted by molar-refractivity contribution is 5.84. The number of hydrogen-bond acceptors (Lipinski definition) is 3. The van der Waals surface area contributed by atoms with Crippen LogP contribution in [0.25, 0.3) is 0 Å². The van der Waals surface area contributed by atoms with Gasteiger partial charge in [0.1, 0.15) is 0 Å². The standard InChI is InChI=1S/C14H26N2O2/c1-3-5-12-14(17)16(13(4-2)15-12)10-11-6-8-18-9-7-11/h11-13,15H,3-10H2,1-2H3. The maximum atomic E-state index is 12.4. The van der Waals surface area contributed by atoms with Crippen molar-refractivity contribution >= 4 is 5.91 Å². The van der Waals surface area contributed by atoms with Crippen LogP contribution in [-0.2, 0) is 9.53 Å². The van der Waals surface area contributed by atoms with Crippen LogP contribution >= 0.6 is 0 Å². The second-order valence-corrected chi connectivity index (χ2v) is 5.48. The van der Waals surface area contributed by atoms with E-state index in [1.165, 1.54) is 0 Å². The fraction of sp³-hybridized carbons (Fsp3) is 0.929. The maximum Gasteiger partial charge on any atom is 0.241 e. The molecule has 0 radical (unpaired) electrons. The van der Waals surface area contributed by atoms with Crippen LogP contribution in [0.1, 0.15) is 46.0 Å². The molecule has 2 saturated heterocycles. The van der Waals surface area contributed by atoms with Crippen molar-refractivity contribution < 1.29 is 9.53 Å². The number of carbonyl (C=O) groups excluding carboxylic acids is 1. The Hall–Kier alpha value is -0.610. The molecule has 0 bridgehead atoms. The van der Waals surface area contributed by atoms with Crippen LogP contribution in [0.4, 0.5) is 0 Å². The lowest BCUT2D eigenvalue weighted by Crippen LogP contribution is -2.41. The third-order valence-corrected chi connectivity index (χ3v) is 4.11. The van der Waals surface area contributed by atoms with Crippen LogP contribution < -0.4 is 5.32 Å². The largest absolute Gasteiger partial charge is 0.381 e. The number of carbonyl (C=O) groups is 1. The van der Waals surface area contributed by atoms with Gasteiger partial charge in [0.05, 0.1) is 12.2 Å². The number of amides is 1. The molecule has 2 aliphatic rings. The summed E-state index contributed by atoms with van der Waals surface area (Å²) in [5.74, 6) is 0.939. The van der Waals surface area contributed by atoms with Crippen molar-refractivity contribution in [1.82, 2.24) is 10.2 Å². The van der Waals surface area contributed by atoms with Crippen LogP contribution in [0, 0.1) is 5.92 Å². The Balaban J connectivity index is 1.93. The van der Waals surface area contributed by atoms with Crippen LogP contribution in [0.5, 0.6) is 0 Å². The van der Waals surface area contributed by atoms with E-state index < -0.39 is 0 Å². The molecule has 0 saturated carbocycles. The van der Waals surface area contributed by atoms with Gasteiger partial charge in [0.2, 0.25) is 5.91 Å². The summed E-state index contributed by atoms with van der Waals surface area (Å²) in [7, 11) is 0. The van der Waals surface area contributed by atoms with E-state index in [2.05, 4.69) is 24.1 Å². The topological polar surface area (TPSA) is 41.6 Å². The van der Waals surface area contributed by atoms with Crippen molar-refractivity contribution in [1.29, 1.82) is 0 Å². The molecule has 2 aliphatic heterocycles. The molecule has 2 heterocycles. The van der Waals surface area contributed by atoms with E-state index in [0.29, 0.717) is 11.8 Å². The van der Waals surface area contributed by atoms with Gasteiger partial charge in [-0.3, -0.25) is 10.1 Å². The summed E-state index contributed by atoms with van der Waals surface area (Å²) in [4.78, 5) is 14.5. The normalized spacial score (nSPS) is 30.1. The van der Waals surface area contributed by atoms with Crippen LogP contribution in [0.3, 0.4) is 0 Å². The van der Waals surface area contributed by atoms with Gasteiger partial charge in [-0.05, 0) is 31.6 Å². The summed E-state index contributed by atoms with van der Waals surface area (Å²) in [6.45, 7) is 6.91. The molecule has 2 fully saturated rings. The highest BCUT2D eigenvalue weighted by Gasteiger charge is 2.38.